The van der Waals surface area contributed by atoms with Crippen molar-refractivity contribution in [2.24, 2.45) is 5.92 Å². The lowest BCUT2D eigenvalue weighted by Crippen LogP contribution is -2.17. The summed E-state index contributed by atoms with van der Waals surface area (Å²) >= 11 is 0. The number of nitrogens with one attached hydrogen (secondary N) is 2. The van der Waals surface area contributed by atoms with Crippen LogP contribution in [0.25, 0.3) is 22.7 Å². The summed E-state index contributed by atoms with van der Waals surface area (Å²) in [5.41, 5.74) is 4.92. The lowest BCUT2D eigenvalue weighted by Gasteiger charge is -2.28. The third-order valence-electron chi connectivity index (χ3n) is 7.47. The molecule has 1 saturated carbocycles. The van der Waals surface area contributed by atoms with Crippen molar-refractivity contribution < 1.29 is 18.7 Å². The second-order valence-electron chi connectivity index (χ2n) is 10.2. The summed E-state index contributed by atoms with van der Waals surface area (Å²) in [6.45, 7) is 0.486. The summed E-state index contributed by atoms with van der Waals surface area (Å²) in [4.78, 5) is 19.6. The zero-order valence-corrected chi connectivity index (χ0v) is 22.3. The zero-order chi connectivity index (χ0) is 27.3. The maximum absolute atomic E-state index is 11.6. The van der Waals surface area contributed by atoms with Crippen LogP contribution in [-0.4, -0.2) is 33.2 Å². The summed E-state index contributed by atoms with van der Waals surface area (Å²) in [6, 6.07) is 24.2. The minimum Gasteiger partial charge on any atom is -0.489 e. The molecule has 2 heterocycles. The molecule has 0 amide bonds. The molecule has 0 spiro atoms. The van der Waals surface area contributed by atoms with Crippen LogP contribution in [-0.2, 0) is 16.1 Å². The number of anilines is 2. The monoisotopic (exact) mass is 537 g/mol. The molecular weight excluding hydrogens is 506 g/mol. The zero-order valence-electron chi connectivity index (χ0n) is 22.3. The average Bonchev–Trinajstić information content (AvgIpc) is 3.64. The maximum atomic E-state index is 11.6. The molecule has 3 aromatic carbocycles. The van der Waals surface area contributed by atoms with Crippen molar-refractivity contribution >= 4 is 28.7 Å². The molecule has 6 rings (SSSR count). The highest BCUT2D eigenvalue weighted by atomic mass is 16.5. The van der Waals surface area contributed by atoms with Gasteiger partial charge in [-0.3, -0.25) is 4.79 Å². The van der Waals surface area contributed by atoms with E-state index in [1.54, 1.807) is 0 Å². The quantitative estimate of drug-likeness (QED) is 0.198. The highest BCUT2D eigenvalue weighted by Gasteiger charge is 2.25. The van der Waals surface area contributed by atoms with Gasteiger partial charge >= 0.3 is 12.0 Å². The first kappa shape index (κ1) is 25.6. The number of esters is 1. The first-order valence-corrected chi connectivity index (χ1v) is 13.6. The molecule has 1 fully saturated rings. The number of fused-ring (bicyclic) bond motifs is 1. The van der Waals surface area contributed by atoms with Gasteiger partial charge in [-0.15, -0.1) is 5.10 Å². The molecule has 204 valence electrons. The number of aromatic amines is 1. The number of methoxy groups -OCH3 is 1. The fraction of sp³-hybridized carbons (Fsp3) is 0.290. The van der Waals surface area contributed by atoms with Crippen LogP contribution in [0.1, 0.15) is 49.1 Å². The number of hydrogen-bond donors (Lipinski definition) is 2. The lowest BCUT2D eigenvalue weighted by atomic mass is 9.77. The number of carbonyl (C=O) groups is 1. The van der Waals surface area contributed by atoms with Crippen LogP contribution >= 0.6 is 0 Å². The molecule has 2 N–H and O–H groups in total. The Morgan fingerprint density at radius 2 is 1.85 bits per heavy atom. The smallest absolute Gasteiger partial charge is 0.320 e. The van der Waals surface area contributed by atoms with E-state index in [1.165, 1.54) is 12.7 Å². The predicted molar refractivity (Wildman–Crippen MR) is 151 cm³/mol. The number of aromatic nitrogens is 4. The van der Waals surface area contributed by atoms with Crippen molar-refractivity contribution in [1.82, 2.24) is 20.2 Å². The number of hydrogen-bond acceptors (Lipinski definition) is 8. The van der Waals surface area contributed by atoms with E-state index in [4.69, 9.17) is 18.9 Å². The SMILES string of the molecule is COC(=O)C[C@H]1CC[C@H](c2ccc3[nH]c(-c4nnc(Nc5cccc(OCc6ccccc6)c5)o4)nc3c2)CC1. The molecule has 0 radical (unpaired) electrons. The second kappa shape index (κ2) is 11.6. The van der Waals surface area contributed by atoms with Gasteiger partial charge in [-0.2, -0.15) is 0 Å². The Bertz CT molecular complexity index is 1590. The van der Waals surface area contributed by atoms with Crippen molar-refractivity contribution in [3.8, 4) is 17.5 Å². The van der Waals surface area contributed by atoms with E-state index in [0.717, 1.165) is 53.7 Å². The molecule has 1 aliphatic rings. The number of rotatable bonds is 9. The summed E-state index contributed by atoms with van der Waals surface area (Å²) < 4.78 is 16.6. The molecule has 0 unspecified atom stereocenters. The van der Waals surface area contributed by atoms with Crippen LogP contribution in [0.4, 0.5) is 11.7 Å². The molecule has 9 heteroatoms. The van der Waals surface area contributed by atoms with Gasteiger partial charge in [0.2, 0.25) is 0 Å². The van der Waals surface area contributed by atoms with Crippen molar-refractivity contribution in [3.05, 3.63) is 83.9 Å². The Kier molecular flexibility index (Phi) is 7.43. The Balaban J connectivity index is 1.09. The normalized spacial score (nSPS) is 17.0. The first-order chi connectivity index (χ1) is 19.6. The van der Waals surface area contributed by atoms with Gasteiger partial charge in [0.25, 0.3) is 5.89 Å². The Morgan fingerprint density at radius 1 is 1.00 bits per heavy atom. The fourth-order valence-corrected chi connectivity index (χ4v) is 5.29. The first-order valence-electron chi connectivity index (χ1n) is 13.6. The Labute approximate surface area is 231 Å². The van der Waals surface area contributed by atoms with E-state index in [2.05, 4.69) is 38.7 Å². The van der Waals surface area contributed by atoms with Crippen LogP contribution in [0.3, 0.4) is 0 Å². The van der Waals surface area contributed by atoms with Gasteiger partial charge in [0.05, 0.1) is 18.1 Å². The third kappa shape index (κ3) is 5.98. The Hall–Kier alpha value is -4.66. The van der Waals surface area contributed by atoms with E-state index >= 15 is 0 Å². The molecule has 2 aromatic heterocycles. The molecule has 0 bridgehead atoms. The second-order valence-corrected chi connectivity index (χ2v) is 10.2. The standard InChI is InChI=1S/C31H31N5O4/c1-38-28(37)16-20-10-12-22(13-11-20)23-14-15-26-27(17-23)34-29(33-26)30-35-36-31(40-30)32-24-8-5-9-25(18-24)39-19-21-6-3-2-4-7-21/h2-9,14-15,17-18,20,22H,10-13,16,19H2,1H3,(H,32,36)(H,33,34)/t20-,22-. The van der Waals surface area contributed by atoms with Gasteiger partial charge in [0.1, 0.15) is 12.4 Å². The van der Waals surface area contributed by atoms with E-state index in [1.807, 2.05) is 54.6 Å². The van der Waals surface area contributed by atoms with Crippen molar-refractivity contribution in [2.75, 3.05) is 12.4 Å². The largest absolute Gasteiger partial charge is 0.489 e. The molecule has 40 heavy (non-hydrogen) atoms. The maximum Gasteiger partial charge on any atom is 0.320 e. The number of ether oxygens (including phenoxy) is 2. The van der Waals surface area contributed by atoms with Gasteiger partial charge in [-0.1, -0.05) is 47.6 Å². The van der Waals surface area contributed by atoms with Gasteiger partial charge in [-0.05, 0) is 72.9 Å². The molecule has 9 nitrogen and oxygen atoms in total. The van der Waals surface area contributed by atoms with Crippen LogP contribution in [0.5, 0.6) is 5.75 Å². The lowest BCUT2D eigenvalue weighted by molar-refractivity contribution is -0.142. The minimum absolute atomic E-state index is 0.116. The molecule has 0 atom stereocenters. The summed E-state index contributed by atoms with van der Waals surface area (Å²) in [5.74, 6) is 2.32. The molecule has 0 saturated heterocycles. The molecule has 5 aromatic rings. The van der Waals surface area contributed by atoms with Crippen LogP contribution in [0.15, 0.2) is 77.2 Å². The van der Waals surface area contributed by atoms with Crippen LogP contribution in [0.2, 0.25) is 0 Å². The minimum atomic E-state index is -0.116. The van der Waals surface area contributed by atoms with E-state index in [0.29, 0.717) is 36.6 Å². The van der Waals surface area contributed by atoms with Gasteiger partial charge in [-0.25, -0.2) is 4.98 Å². The number of imidazole rings is 1. The number of carbonyl (C=O) groups excluding carboxylic acids is 1. The van der Waals surface area contributed by atoms with Crippen molar-refractivity contribution in [2.45, 2.75) is 44.6 Å². The van der Waals surface area contributed by atoms with Crippen LogP contribution in [0, 0.1) is 5.92 Å². The van der Waals surface area contributed by atoms with Crippen LogP contribution < -0.4 is 10.1 Å². The van der Waals surface area contributed by atoms with Crippen molar-refractivity contribution in [1.29, 1.82) is 0 Å². The highest BCUT2D eigenvalue weighted by molar-refractivity contribution is 5.79. The van der Waals surface area contributed by atoms with Gasteiger partial charge in [0, 0.05) is 18.2 Å². The number of nitrogens with zero attached hydrogens (tertiary/aromatic N) is 3. The molecular formula is C31H31N5O4. The number of H-pyrrole nitrogens is 1. The fourth-order valence-electron chi connectivity index (χ4n) is 5.29. The van der Waals surface area contributed by atoms with Gasteiger partial charge in [0.15, 0.2) is 5.82 Å². The summed E-state index contributed by atoms with van der Waals surface area (Å²) in [5, 5.41) is 11.5. The summed E-state index contributed by atoms with van der Waals surface area (Å²) in [7, 11) is 1.45. The number of benzene rings is 3. The van der Waals surface area contributed by atoms with Gasteiger partial charge < -0.3 is 24.2 Å². The highest BCUT2D eigenvalue weighted by Crippen LogP contribution is 2.38. The molecule has 0 aliphatic heterocycles. The topological polar surface area (TPSA) is 115 Å². The van der Waals surface area contributed by atoms with E-state index in [9.17, 15) is 4.79 Å². The van der Waals surface area contributed by atoms with E-state index < -0.39 is 0 Å². The Morgan fingerprint density at radius 3 is 2.67 bits per heavy atom. The third-order valence-corrected chi connectivity index (χ3v) is 7.47. The summed E-state index contributed by atoms with van der Waals surface area (Å²) in [6.07, 6.45) is 4.69. The van der Waals surface area contributed by atoms with E-state index in [-0.39, 0.29) is 12.0 Å². The average molecular weight is 538 g/mol. The van der Waals surface area contributed by atoms with Crippen molar-refractivity contribution in [3.63, 3.8) is 0 Å². The molecule has 1 aliphatic carbocycles. The predicted octanol–water partition coefficient (Wildman–Crippen LogP) is 6.77.